The lowest BCUT2D eigenvalue weighted by atomic mass is 9.94. The van der Waals surface area contributed by atoms with Crippen LogP contribution in [0.5, 0.6) is 5.75 Å². The van der Waals surface area contributed by atoms with E-state index >= 15 is 0 Å². The number of sulfonamides is 1. The van der Waals surface area contributed by atoms with Crippen molar-refractivity contribution in [3.63, 3.8) is 0 Å². The maximum atomic E-state index is 13.2. The van der Waals surface area contributed by atoms with Crippen LogP contribution in [-0.2, 0) is 14.8 Å². The number of nitrogens with one attached hydrogen (secondary N) is 1. The minimum atomic E-state index is -3.63. The number of ether oxygens (including phenoxy) is 1. The smallest absolute Gasteiger partial charge is 0.243 e. The fourth-order valence-electron chi connectivity index (χ4n) is 4.63. The van der Waals surface area contributed by atoms with E-state index in [-0.39, 0.29) is 17.3 Å². The third-order valence-electron chi connectivity index (χ3n) is 6.38. The molecular weight excluding hydrogens is 426 g/mol. The van der Waals surface area contributed by atoms with Gasteiger partial charge in [0, 0.05) is 19.1 Å². The van der Waals surface area contributed by atoms with Crippen LogP contribution in [-0.4, -0.2) is 62.9 Å². The van der Waals surface area contributed by atoms with Crippen LogP contribution < -0.4 is 10.1 Å². The fourth-order valence-corrected chi connectivity index (χ4v) is 6.17. The summed E-state index contributed by atoms with van der Waals surface area (Å²) < 4.78 is 33.3. The van der Waals surface area contributed by atoms with Crippen LogP contribution in [0.3, 0.4) is 0 Å². The number of amides is 1. The van der Waals surface area contributed by atoms with E-state index in [4.69, 9.17) is 11.2 Å². The fraction of sp³-hybridized carbons (Fsp3) is 0.625. The molecule has 1 saturated heterocycles. The van der Waals surface area contributed by atoms with Gasteiger partial charge in [0.05, 0.1) is 30.8 Å². The predicted molar refractivity (Wildman–Crippen MR) is 126 cm³/mol. The summed E-state index contributed by atoms with van der Waals surface area (Å²) >= 11 is 0. The highest BCUT2D eigenvalue weighted by molar-refractivity contribution is 7.89. The summed E-state index contributed by atoms with van der Waals surface area (Å²) in [5.41, 5.74) is 0.359. The first kappa shape index (κ1) is 24.6. The molecule has 8 heteroatoms. The number of methoxy groups -OCH3 is 1. The normalized spacial score (nSPS) is 18.7. The van der Waals surface area contributed by atoms with Gasteiger partial charge in [-0.15, -0.1) is 6.42 Å². The first-order valence-corrected chi connectivity index (χ1v) is 13.1. The number of terminal acetylenes is 1. The maximum absolute atomic E-state index is 13.2. The number of benzene rings is 1. The number of hydrogen-bond acceptors (Lipinski definition) is 5. The van der Waals surface area contributed by atoms with Gasteiger partial charge in [0.2, 0.25) is 15.9 Å². The Morgan fingerprint density at radius 3 is 2.44 bits per heavy atom. The molecule has 1 aliphatic heterocycles. The first-order chi connectivity index (χ1) is 15.5. The average Bonchev–Trinajstić information content (AvgIpc) is 3.09. The van der Waals surface area contributed by atoms with Gasteiger partial charge in [0.15, 0.2) is 0 Å². The Hall–Kier alpha value is -2.08. The Bertz CT molecular complexity index is 912. The maximum Gasteiger partial charge on any atom is 0.243 e. The molecule has 0 aromatic heterocycles. The van der Waals surface area contributed by atoms with Crippen molar-refractivity contribution in [3.8, 4) is 18.1 Å². The van der Waals surface area contributed by atoms with E-state index in [9.17, 15) is 13.2 Å². The predicted octanol–water partition coefficient (Wildman–Crippen LogP) is 3.47. The number of carbonyl (C=O) groups is 1. The Kier molecular flexibility index (Phi) is 8.97. The van der Waals surface area contributed by atoms with Gasteiger partial charge in [-0.3, -0.25) is 9.69 Å². The molecule has 1 N–H and O–H groups in total. The molecule has 2 aliphatic rings. The van der Waals surface area contributed by atoms with Crippen LogP contribution in [0.25, 0.3) is 0 Å². The molecule has 0 radical (unpaired) electrons. The molecule has 3 rings (SSSR count). The van der Waals surface area contributed by atoms with Crippen molar-refractivity contribution in [2.45, 2.75) is 68.7 Å². The van der Waals surface area contributed by atoms with Crippen molar-refractivity contribution in [2.24, 2.45) is 0 Å². The van der Waals surface area contributed by atoms with Crippen LogP contribution in [0.4, 0.5) is 5.69 Å². The number of nitrogens with zero attached hydrogens (tertiary/aromatic N) is 2. The molecule has 2 fully saturated rings. The molecule has 176 valence electrons. The number of hydrogen-bond donors (Lipinski definition) is 1. The van der Waals surface area contributed by atoms with Crippen molar-refractivity contribution in [1.82, 2.24) is 9.21 Å². The first-order valence-electron chi connectivity index (χ1n) is 11.6. The van der Waals surface area contributed by atoms with Gasteiger partial charge in [-0.1, -0.05) is 38.0 Å². The van der Waals surface area contributed by atoms with Crippen molar-refractivity contribution in [1.29, 1.82) is 0 Å². The summed E-state index contributed by atoms with van der Waals surface area (Å²) in [7, 11) is -2.13. The highest BCUT2D eigenvalue weighted by Gasteiger charge is 2.27. The van der Waals surface area contributed by atoms with Crippen molar-refractivity contribution in [3.05, 3.63) is 18.2 Å². The third kappa shape index (κ3) is 6.25. The van der Waals surface area contributed by atoms with Crippen LogP contribution >= 0.6 is 0 Å². The molecule has 1 saturated carbocycles. The second kappa shape index (κ2) is 11.7. The SMILES string of the molecule is C#CCN(CC(=O)Nc1cc(S(=O)(=O)N2CCCCCC2)ccc1OC)C1CCCCC1. The Balaban J connectivity index is 1.76. The van der Waals surface area contributed by atoms with E-state index < -0.39 is 10.0 Å². The van der Waals surface area contributed by atoms with Crippen molar-refractivity contribution < 1.29 is 17.9 Å². The lowest BCUT2D eigenvalue weighted by molar-refractivity contribution is -0.117. The lowest BCUT2D eigenvalue weighted by Gasteiger charge is -2.32. The molecule has 32 heavy (non-hydrogen) atoms. The van der Waals surface area contributed by atoms with Gasteiger partial charge in [-0.25, -0.2) is 8.42 Å². The zero-order valence-electron chi connectivity index (χ0n) is 19.0. The number of carbonyl (C=O) groups excluding carboxylic acids is 1. The zero-order valence-corrected chi connectivity index (χ0v) is 19.8. The molecule has 1 heterocycles. The number of anilines is 1. The van der Waals surface area contributed by atoms with E-state index in [0.29, 0.717) is 37.1 Å². The second-order valence-corrected chi connectivity index (χ2v) is 10.6. The summed E-state index contributed by atoms with van der Waals surface area (Å²) in [5, 5.41) is 2.86. The van der Waals surface area contributed by atoms with E-state index in [0.717, 1.165) is 51.4 Å². The van der Waals surface area contributed by atoms with E-state index in [1.165, 1.54) is 19.6 Å². The van der Waals surface area contributed by atoms with Crippen LogP contribution in [0.2, 0.25) is 0 Å². The Morgan fingerprint density at radius 2 is 1.81 bits per heavy atom. The lowest BCUT2D eigenvalue weighted by Crippen LogP contribution is -2.42. The molecule has 1 amide bonds. The molecule has 0 bridgehead atoms. The van der Waals surface area contributed by atoms with Gasteiger partial charge < -0.3 is 10.1 Å². The van der Waals surface area contributed by atoms with Crippen LogP contribution in [0, 0.1) is 12.3 Å². The molecular formula is C24H35N3O4S. The van der Waals surface area contributed by atoms with Gasteiger partial charge in [0.1, 0.15) is 5.75 Å². The van der Waals surface area contributed by atoms with E-state index in [1.54, 1.807) is 16.4 Å². The summed E-state index contributed by atoms with van der Waals surface area (Å²) in [6.07, 6.45) is 15.0. The molecule has 0 atom stereocenters. The summed E-state index contributed by atoms with van der Waals surface area (Å²) in [5.74, 6) is 2.86. The largest absolute Gasteiger partial charge is 0.495 e. The van der Waals surface area contributed by atoms with Gasteiger partial charge >= 0.3 is 0 Å². The summed E-state index contributed by atoms with van der Waals surface area (Å²) in [4.78, 5) is 15.1. The van der Waals surface area contributed by atoms with Crippen LogP contribution in [0.15, 0.2) is 23.1 Å². The van der Waals surface area contributed by atoms with Crippen molar-refractivity contribution >= 4 is 21.6 Å². The molecule has 1 aromatic carbocycles. The minimum Gasteiger partial charge on any atom is -0.495 e. The molecule has 0 spiro atoms. The van der Waals surface area contributed by atoms with E-state index in [1.807, 2.05) is 4.90 Å². The van der Waals surface area contributed by atoms with Gasteiger partial charge in [-0.2, -0.15) is 4.31 Å². The average molecular weight is 462 g/mol. The highest BCUT2D eigenvalue weighted by Crippen LogP contribution is 2.30. The minimum absolute atomic E-state index is 0.168. The third-order valence-corrected chi connectivity index (χ3v) is 8.27. The van der Waals surface area contributed by atoms with Crippen LogP contribution in [0.1, 0.15) is 57.8 Å². The summed E-state index contributed by atoms with van der Waals surface area (Å²) in [6, 6.07) is 4.95. The highest BCUT2D eigenvalue weighted by atomic mass is 32.2. The van der Waals surface area contributed by atoms with Gasteiger partial charge in [0.25, 0.3) is 0 Å². The Labute approximate surface area is 192 Å². The quantitative estimate of drug-likeness (QED) is 0.600. The zero-order chi connectivity index (χ0) is 23.0. The summed E-state index contributed by atoms with van der Waals surface area (Å²) in [6.45, 7) is 1.64. The van der Waals surface area contributed by atoms with Gasteiger partial charge in [-0.05, 0) is 43.9 Å². The van der Waals surface area contributed by atoms with E-state index in [2.05, 4.69) is 11.2 Å². The molecule has 7 nitrogen and oxygen atoms in total. The molecule has 0 unspecified atom stereocenters. The van der Waals surface area contributed by atoms with Crippen molar-refractivity contribution in [2.75, 3.05) is 38.6 Å². The number of rotatable bonds is 8. The Morgan fingerprint density at radius 1 is 1.16 bits per heavy atom. The monoisotopic (exact) mass is 461 g/mol. The topological polar surface area (TPSA) is 79.0 Å². The second-order valence-electron chi connectivity index (χ2n) is 8.63. The molecule has 1 aliphatic carbocycles. The molecule has 1 aromatic rings. The standard InChI is InChI=1S/C24H35N3O4S/c1-3-15-26(20-11-7-6-8-12-20)19-24(28)25-22-18-21(13-14-23(22)31-2)32(29,30)27-16-9-4-5-10-17-27/h1,13-14,18,20H,4-12,15-17,19H2,2H3,(H,25,28).